The SMILES string of the molecule is COc1cnc(S(N)(=O)=O)c(I)c1OC(F)(F)F. The lowest BCUT2D eigenvalue weighted by Gasteiger charge is -2.14. The molecule has 0 aliphatic heterocycles. The number of alkyl halides is 3. The lowest BCUT2D eigenvalue weighted by molar-refractivity contribution is -0.275. The normalized spacial score (nSPS) is 12.3. The van der Waals surface area contributed by atoms with Crippen molar-refractivity contribution in [1.82, 2.24) is 4.98 Å². The molecule has 6 nitrogen and oxygen atoms in total. The molecule has 0 aromatic carbocycles. The van der Waals surface area contributed by atoms with E-state index in [-0.39, 0.29) is 5.75 Å². The quantitative estimate of drug-likeness (QED) is 0.774. The van der Waals surface area contributed by atoms with Gasteiger partial charge in [-0.1, -0.05) is 0 Å². The number of ether oxygens (including phenoxy) is 2. The number of primary sulfonamides is 1. The fourth-order valence-electron chi connectivity index (χ4n) is 0.992. The Morgan fingerprint density at radius 3 is 2.39 bits per heavy atom. The molecule has 1 aromatic rings. The summed E-state index contributed by atoms with van der Waals surface area (Å²) in [6.07, 6.45) is -4.22. The van der Waals surface area contributed by atoms with Gasteiger partial charge >= 0.3 is 6.36 Å². The molecular weight excluding hydrogens is 392 g/mol. The van der Waals surface area contributed by atoms with Crippen LogP contribution in [-0.2, 0) is 10.0 Å². The first-order valence-electron chi connectivity index (χ1n) is 4.07. The Morgan fingerprint density at radius 1 is 1.44 bits per heavy atom. The van der Waals surface area contributed by atoms with E-state index in [0.717, 1.165) is 13.3 Å². The van der Waals surface area contributed by atoms with Gasteiger partial charge in [-0.3, -0.25) is 0 Å². The molecule has 1 heterocycles. The Balaban J connectivity index is 3.46. The summed E-state index contributed by atoms with van der Waals surface area (Å²) in [6.45, 7) is 0. The zero-order chi connectivity index (χ0) is 14.1. The van der Waals surface area contributed by atoms with E-state index < -0.39 is 30.7 Å². The molecule has 11 heteroatoms. The van der Waals surface area contributed by atoms with Crippen LogP contribution >= 0.6 is 22.6 Å². The van der Waals surface area contributed by atoms with Crippen molar-refractivity contribution >= 4 is 32.6 Å². The third-order valence-electron chi connectivity index (χ3n) is 1.62. The highest BCUT2D eigenvalue weighted by atomic mass is 127. The van der Waals surface area contributed by atoms with Gasteiger partial charge in [-0.2, -0.15) is 0 Å². The van der Waals surface area contributed by atoms with Crippen molar-refractivity contribution < 1.29 is 31.1 Å². The van der Waals surface area contributed by atoms with Crippen LogP contribution in [0.1, 0.15) is 0 Å². The molecule has 0 aliphatic rings. The van der Waals surface area contributed by atoms with E-state index in [2.05, 4.69) is 14.5 Å². The number of aromatic nitrogens is 1. The maximum Gasteiger partial charge on any atom is 0.573 e. The monoisotopic (exact) mass is 398 g/mol. The number of rotatable bonds is 3. The Hall–Kier alpha value is -0.820. The fourth-order valence-corrected chi connectivity index (χ4v) is 2.97. The second-order valence-electron chi connectivity index (χ2n) is 2.87. The molecule has 0 saturated carbocycles. The number of methoxy groups -OCH3 is 1. The highest BCUT2D eigenvalue weighted by Gasteiger charge is 2.35. The summed E-state index contributed by atoms with van der Waals surface area (Å²) in [5.74, 6) is -1.16. The molecule has 0 aliphatic carbocycles. The Bertz CT molecular complexity index is 561. The van der Waals surface area contributed by atoms with Crippen molar-refractivity contribution in [2.24, 2.45) is 5.14 Å². The number of hydrogen-bond donors (Lipinski definition) is 1. The van der Waals surface area contributed by atoms with Crippen LogP contribution in [0.15, 0.2) is 11.2 Å². The van der Waals surface area contributed by atoms with Crippen molar-refractivity contribution in [3.63, 3.8) is 0 Å². The van der Waals surface area contributed by atoms with Gasteiger partial charge in [0.05, 0.1) is 16.9 Å². The molecule has 0 unspecified atom stereocenters. The van der Waals surface area contributed by atoms with Crippen LogP contribution in [0, 0.1) is 3.57 Å². The predicted octanol–water partition coefficient (Wildman–Crippen LogP) is 1.24. The van der Waals surface area contributed by atoms with Crippen molar-refractivity contribution in [1.29, 1.82) is 0 Å². The summed E-state index contributed by atoms with van der Waals surface area (Å²) in [7, 11) is -3.17. The smallest absolute Gasteiger partial charge is 0.491 e. The van der Waals surface area contributed by atoms with Gasteiger partial charge in [0.1, 0.15) is 0 Å². The summed E-state index contributed by atoms with van der Waals surface area (Å²) < 4.78 is 66.7. The summed E-state index contributed by atoms with van der Waals surface area (Å²) in [4.78, 5) is 3.42. The topological polar surface area (TPSA) is 91.5 Å². The molecule has 1 rings (SSSR count). The highest BCUT2D eigenvalue weighted by Crippen LogP contribution is 2.37. The first-order chi connectivity index (χ1) is 8.06. The molecule has 102 valence electrons. The minimum Gasteiger partial charge on any atom is -0.491 e. The Morgan fingerprint density at radius 2 is 2.00 bits per heavy atom. The van der Waals surface area contributed by atoms with Gasteiger partial charge in [0.15, 0.2) is 16.5 Å². The van der Waals surface area contributed by atoms with Crippen LogP contribution in [0.2, 0.25) is 0 Å². The summed E-state index contributed by atoms with van der Waals surface area (Å²) in [5, 5.41) is 4.09. The number of hydrogen-bond acceptors (Lipinski definition) is 5. The predicted molar refractivity (Wildman–Crippen MR) is 61.6 cm³/mol. The summed E-state index contributed by atoms with van der Waals surface area (Å²) in [6, 6.07) is 0. The lowest BCUT2D eigenvalue weighted by Crippen LogP contribution is -2.21. The van der Waals surface area contributed by atoms with Crippen LogP contribution < -0.4 is 14.6 Å². The van der Waals surface area contributed by atoms with E-state index >= 15 is 0 Å². The van der Waals surface area contributed by atoms with Crippen LogP contribution in [0.3, 0.4) is 0 Å². The Labute approximate surface area is 113 Å². The van der Waals surface area contributed by atoms with Gasteiger partial charge in [-0.25, -0.2) is 18.5 Å². The van der Waals surface area contributed by atoms with E-state index in [4.69, 9.17) is 5.14 Å². The third kappa shape index (κ3) is 3.58. The largest absolute Gasteiger partial charge is 0.573 e. The van der Waals surface area contributed by atoms with Crippen molar-refractivity contribution in [3.05, 3.63) is 9.77 Å². The summed E-state index contributed by atoms with van der Waals surface area (Å²) >= 11 is 1.33. The zero-order valence-corrected chi connectivity index (χ0v) is 11.6. The van der Waals surface area contributed by atoms with Crippen molar-refractivity contribution in [2.45, 2.75) is 11.4 Å². The molecule has 1 aromatic heterocycles. The molecule has 2 N–H and O–H groups in total. The second-order valence-corrected chi connectivity index (χ2v) is 5.42. The molecule has 0 radical (unpaired) electrons. The van der Waals surface area contributed by atoms with Gasteiger partial charge < -0.3 is 9.47 Å². The van der Waals surface area contributed by atoms with E-state index in [0.29, 0.717) is 0 Å². The second kappa shape index (κ2) is 5.05. The number of sulfonamides is 1. The molecule has 0 saturated heterocycles. The van der Waals surface area contributed by atoms with Gasteiger partial charge in [0.25, 0.3) is 10.0 Å². The number of nitrogens with zero attached hydrogens (tertiary/aromatic N) is 1. The van der Waals surface area contributed by atoms with Crippen LogP contribution in [0.4, 0.5) is 13.2 Å². The molecule has 18 heavy (non-hydrogen) atoms. The number of pyridine rings is 1. The van der Waals surface area contributed by atoms with Crippen LogP contribution in [-0.4, -0.2) is 26.9 Å². The zero-order valence-electron chi connectivity index (χ0n) is 8.66. The number of halogens is 4. The average molecular weight is 398 g/mol. The van der Waals surface area contributed by atoms with Gasteiger partial charge in [-0.15, -0.1) is 13.2 Å². The third-order valence-corrected chi connectivity index (χ3v) is 3.83. The first-order valence-corrected chi connectivity index (χ1v) is 6.70. The lowest BCUT2D eigenvalue weighted by atomic mass is 10.4. The van der Waals surface area contributed by atoms with Crippen LogP contribution in [0.25, 0.3) is 0 Å². The average Bonchev–Trinajstić information content (AvgIpc) is 2.17. The standard InChI is InChI=1S/C7H6F3IN2O4S/c1-16-3-2-13-6(18(12,14)15)4(11)5(3)17-7(8,9)10/h2H,1H3,(H2,12,14,15). The van der Waals surface area contributed by atoms with Crippen molar-refractivity contribution in [3.8, 4) is 11.5 Å². The maximum absolute atomic E-state index is 12.2. The van der Waals surface area contributed by atoms with E-state index in [1.54, 1.807) is 0 Å². The minimum atomic E-state index is -5.00. The molecular formula is C7H6F3IN2O4S. The number of nitrogens with two attached hydrogens (primary N) is 1. The minimum absolute atomic E-state index is 0.357. The van der Waals surface area contributed by atoms with Gasteiger partial charge in [-0.05, 0) is 22.6 Å². The highest BCUT2D eigenvalue weighted by molar-refractivity contribution is 14.1. The van der Waals surface area contributed by atoms with Gasteiger partial charge in [0, 0.05) is 0 Å². The maximum atomic E-state index is 12.2. The van der Waals surface area contributed by atoms with E-state index in [9.17, 15) is 21.6 Å². The first kappa shape index (κ1) is 15.2. The molecule has 0 bridgehead atoms. The molecule has 0 fully saturated rings. The fraction of sp³-hybridized carbons (Fsp3) is 0.286. The molecule has 0 spiro atoms. The van der Waals surface area contributed by atoms with E-state index in [1.807, 2.05) is 0 Å². The van der Waals surface area contributed by atoms with Crippen molar-refractivity contribution in [2.75, 3.05) is 7.11 Å². The van der Waals surface area contributed by atoms with Crippen LogP contribution in [0.5, 0.6) is 11.5 Å². The summed E-state index contributed by atoms with van der Waals surface area (Å²) in [5.41, 5.74) is 0. The van der Waals surface area contributed by atoms with Gasteiger partial charge in [0.2, 0.25) is 0 Å². The Kier molecular flexibility index (Phi) is 4.27. The van der Waals surface area contributed by atoms with E-state index in [1.165, 1.54) is 22.6 Å². The molecule has 0 amide bonds. The molecule has 0 atom stereocenters.